The first-order valence-electron chi connectivity index (χ1n) is 8.10. The van der Waals surface area contributed by atoms with Gasteiger partial charge in [-0.3, -0.25) is 9.59 Å². The summed E-state index contributed by atoms with van der Waals surface area (Å²) in [6.45, 7) is 9.70. The van der Waals surface area contributed by atoms with Crippen LogP contribution in [-0.4, -0.2) is 47.7 Å². The van der Waals surface area contributed by atoms with Gasteiger partial charge < -0.3 is 15.1 Å². The van der Waals surface area contributed by atoms with Crippen molar-refractivity contribution in [1.82, 2.24) is 10.2 Å². The summed E-state index contributed by atoms with van der Waals surface area (Å²) in [7, 11) is 0. The van der Waals surface area contributed by atoms with E-state index in [0.717, 1.165) is 31.6 Å². The molecular weight excluding hydrogens is 282 g/mol. The number of carbonyl (C=O) groups is 2. The van der Waals surface area contributed by atoms with Crippen LogP contribution in [0, 0.1) is 11.8 Å². The van der Waals surface area contributed by atoms with Gasteiger partial charge in [-0.2, -0.15) is 0 Å². The molecule has 0 aromatic rings. The third kappa shape index (κ3) is 3.78. The Balaban J connectivity index is 1.73. The molecular formula is C16H27N3O3. The number of carbonyl (C=O) groups excluding carboxylic acids is 2. The zero-order chi connectivity index (χ0) is 16.3. The van der Waals surface area contributed by atoms with Gasteiger partial charge in [0.15, 0.2) is 0 Å². The summed E-state index contributed by atoms with van der Waals surface area (Å²) in [5.74, 6) is 0.599. The van der Waals surface area contributed by atoms with E-state index in [-0.39, 0.29) is 17.7 Å². The topological polar surface area (TPSA) is 71.0 Å². The van der Waals surface area contributed by atoms with E-state index in [1.807, 2.05) is 25.7 Å². The average molecular weight is 309 g/mol. The summed E-state index contributed by atoms with van der Waals surface area (Å²) in [6, 6.07) is 0. The Hall–Kier alpha value is -1.59. The maximum Gasteiger partial charge on any atom is 0.267 e. The summed E-state index contributed by atoms with van der Waals surface area (Å²) in [6.07, 6.45) is 2.41. The molecule has 1 saturated heterocycles. The Morgan fingerprint density at radius 1 is 1.41 bits per heavy atom. The number of nitrogens with one attached hydrogen (secondary N) is 1. The van der Waals surface area contributed by atoms with Crippen LogP contribution in [-0.2, 0) is 14.4 Å². The van der Waals surface area contributed by atoms with E-state index in [2.05, 4.69) is 10.5 Å². The molecule has 22 heavy (non-hydrogen) atoms. The molecule has 2 rings (SSSR count). The van der Waals surface area contributed by atoms with Crippen molar-refractivity contribution in [3.63, 3.8) is 0 Å². The van der Waals surface area contributed by atoms with Crippen molar-refractivity contribution < 1.29 is 14.4 Å². The lowest BCUT2D eigenvalue weighted by atomic mass is 9.94. The second kappa shape index (κ2) is 6.67. The van der Waals surface area contributed by atoms with Gasteiger partial charge in [-0.1, -0.05) is 19.0 Å². The van der Waals surface area contributed by atoms with Gasteiger partial charge in [0.2, 0.25) is 11.5 Å². The van der Waals surface area contributed by atoms with E-state index >= 15 is 0 Å². The molecule has 0 radical (unpaired) electrons. The molecule has 0 aromatic heterocycles. The molecule has 2 aliphatic rings. The molecule has 2 aliphatic heterocycles. The molecule has 1 fully saturated rings. The Morgan fingerprint density at radius 2 is 2.05 bits per heavy atom. The van der Waals surface area contributed by atoms with Crippen LogP contribution in [0.4, 0.5) is 0 Å². The monoisotopic (exact) mass is 309 g/mol. The molecule has 0 aromatic carbocycles. The van der Waals surface area contributed by atoms with E-state index in [0.29, 0.717) is 18.9 Å². The fraction of sp³-hybridized carbons (Fsp3) is 0.812. The molecule has 2 amide bonds. The first-order valence-corrected chi connectivity index (χ1v) is 8.10. The quantitative estimate of drug-likeness (QED) is 0.856. The number of likely N-dealkylation sites (tertiary alicyclic amines) is 1. The normalized spacial score (nSPS) is 25.9. The summed E-state index contributed by atoms with van der Waals surface area (Å²) >= 11 is 0. The predicted molar refractivity (Wildman–Crippen MR) is 84.4 cm³/mol. The second-order valence-corrected chi connectivity index (χ2v) is 6.96. The van der Waals surface area contributed by atoms with E-state index in [1.54, 1.807) is 6.92 Å². The number of piperidine rings is 1. The third-order valence-corrected chi connectivity index (χ3v) is 4.45. The smallest absolute Gasteiger partial charge is 0.267 e. The van der Waals surface area contributed by atoms with Gasteiger partial charge in [0.05, 0.1) is 5.71 Å². The molecule has 1 atom stereocenters. The Morgan fingerprint density at radius 3 is 2.55 bits per heavy atom. The van der Waals surface area contributed by atoms with Gasteiger partial charge in [-0.15, -0.1) is 0 Å². The van der Waals surface area contributed by atoms with Crippen LogP contribution < -0.4 is 5.32 Å². The van der Waals surface area contributed by atoms with Crippen LogP contribution >= 0.6 is 0 Å². The van der Waals surface area contributed by atoms with E-state index in [1.165, 1.54) is 0 Å². The Bertz CT molecular complexity index is 467. The van der Waals surface area contributed by atoms with Crippen molar-refractivity contribution in [3.8, 4) is 0 Å². The van der Waals surface area contributed by atoms with Crippen LogP contribution in [0.1, 0.15) is 47.0 Å². The number of rotatable bonds is 4. The molecule has 2 heterocycles. The maximum atomic E-state index is 12.2. The first-order chi connectivity index (χ1) is 10.3. The second-order valence-electron chi connectivity index (χ2n) is 6.96. The van der Waals surface area contributed by atoms with Gasteiger partial charge >= 0.3 is 0 Å². The number of oxime groups is 1. The molecule has 6 heteroatoms. The van der Waals surface area contributed by atoms with Crippen molar-refractivity contribution in [2.45, 2.75) is 52.6 Å². The van der Waals surface area contributed by atoms with E-state index < -0.39 is 5.60 Å². The molecule has 1 N–H and O–H groups in total. The zero-order valence-electron chi connectivity index (χ0n) is 14.0. The fourth-order valence-electron chi connectivity index (χ4n) is 3.00. The number of hydrogen-bond donors (Lipinski definition) is 1. The van der Waals surface area contributed by atoms with Crippen LogP contribution in [0.25, 0.3) is 0 Å². The van der Waals surface area contributed by atoms with Gasteiger partial charge in [-0.05, 0) is 32.6 Å². The van der Waals surface area contributed by atoms with Crippen LogP contribution in [0.5, 0.6) is 0 Å². The maximum absolute atomic E-state index is 12.2. The molecule has 0 bridgehead atoms. The molecule has 0 unspecified atom stereocenters. The molecule has 6 nitrogen and oxygen atoms in total. The van der Waals surface area contributed by atoms with Gasteiger partial charge in [0, 0.05) is 32.0 Å². The van der Waals surface area contributed by atoms with Gasteiger partial charge in [-0.25, -0.2) is 0 Å². The summed E-state index contributed by atoms with van der Waals surface area (Å²) in [5, 5.41) is 6.84. The predicted octanol–water partition coefficient (Wildman–Crippen LogP) is 1.55. The Kier molecular flexibility index (Phi) is 5.08. The summed E-state index contributed by atoms with van der Waals surface area (Å²) in [4.78, 5) is 31.4. The number of hydrogen-bond acceptors (Lipinski definition) is 4. The lowest BCUT2D eigenvalue weighted by Crippen LogP contribution is -2.48. The molecule has 0 saturated carbocycles. The van der Waals surface area contributed by atoms with Crippen LogP contribution in [0.15, 0.2) is 5.16 Å². The van der Waals surface area contributed by atoms with E-state index in [9.17, 15) is 9.59 Å². The summed E-state index contributed by atoms with van der Waals surface area (Å²) in [5.41, 5.74) is -0.0172. The molecule has 124 valence electrons. The van der Waals surface area contributed by atoms with Crippen molar-refractivity contribution in [1.29, 1.82) is 0 Å². The average Bonchev–Trinajstić information content (AvgIpc) is 2.85. The van der Waals surface area contributed by atoms with Gasteiger partial charge in [0.25, 0.3) is 5.91 Å². The first kappa shape index (κ1) is 16.8. The lowest BCUT2D eigenvalue weighted by molar-refractivity contribution is -0.142. The van der Waals surface area contributed by atoms with Crippen LogP contribution in [0.3, 0.4) is 0 Å². The molecule has 0 spiro atoms. The third-order valence-electron chi connectivity index (χ3n) is 4.45. The lowest BCUT2D eigenvalue weighted by Gasteiger charge is -2.33. The largest absolute Gasteiger partial charge is 0.379 e. The highest BCUT2D eigenvalue weighted by atomic mass is 16.7. The minimum Gasteiger partial charge on any atom is -0.379 e. The minimum absolute atomic E-state index is 0.0546. The highest BCUT2D eigenvalue weighted by Gasteiger charge is 2.40. The highest BCUT2D eigenvalue weighted by Crippen LogP contribution is 2.24. The van der Waals surface area contributed by atoms with Crippen LogP contribution in [0.2, 0.25) is 0 Å². The standard InChI is InChI=1S/C16H27N3O3/c1-11(2)14(20)19-7-5-13(6-8-19)10-17-15(21)16(4)9-12(3)18-22-16/h11,13H,5-10H2,1-4H3,(H,17,21)/t16-/m0/s1. The van der Waals surface area contributed by atoms with Crippen molar-refractivity contribution in [2.24, 2.45) is 17.0 Å². The SMILES string of the molecule is CC1=NO[C@](C)(C(=O)NCC2CCN(C(=O)C(C)C)CC2)C1. The van der Waals surface area contributed by atoms with E-state index in [4.69, 9.17) is 4.84 Å². The highest BCUT2D eigenvalue weighted by molar-refractivity contribution is 5.94. The number of amides is 2. The number of nitrogens with zero attached hydrogens (tertiary/aromatic N) is 2. The van der Waals surface area contributed by atoms with Gasteiger partial charge in [0.1, 0.15) is 0 Å². The summed E-state index contributed by atoms with van der Waals surface area (Å²) < 4.78 is 0. The van der Waals surface area contributed by atoms with Crippen molar-refractivity contribution >= 4 is 17.5 Å². The molecule has 0 aliphatic carbocycles. The fourth-order valence-corrected chi connectivity index (χ4v) is 3.00. The van der Waals surface area contributed by atoms with Crippen molar-refractivity contribution in [3.05, 3.63) is 0 Å². The minimum atomic E-state index is -0.863. The Labute approximate surface area is 132 Å². The van der Waals surface area contributed by atoms with Crippen molar-refractivity contribution in [2.75, 3.05) is 19.6 Å². The zero-order valence-corrected chi connectivity index (χ0v) is 14.0.